The van der Waals surface area contributed by atoms with E-state index in [4.69, 9.17) is 20.9 Å². The third-order valence-electron chi connectivity index (χ3n) is 7.06. The molecule has 0 aliphatic carbocycles. The standard InChI is InChI=1S/C33H38N2O2/c1-5-22(3)30-20-24(7-17-32(30)36-28-13-9-26(34)10-14-28)19-25-8-18-33(31(21-25)23(4)6-2)37-29-15-11-27(35)12-16-29/h7-18,20-23H,5-6,19,34-35H2,1-4H3. The van der Waals surface area contributed by atoms with Crippen molar-refractivity contribution < 1.29 is 9.47 Å². The van der Waals surface area contributed by atoms with Gasteiger partial charge in [0.05, 0.1) is 0 Å². The molecule has 0 aromatic heterocycles. The highest BCUT2D eigenvalue weighted by Crippen LogP contribution is 2.36. The predicted octanol–water partition coefficient (Wildman–Crippen LogP) is 9.05. The zero-order chi connectivity index (χ0) is 26.4. The average Bonchev–Trinajstić information content (AvgIpc) is 2.92. The lowest BCUT2D eigenvalue weighted by Crippen LogP contribution is -2.01. The molecule has 4 aromatic rings. The van der Waals surface area contributed by atoms with Gasteiger partial charge >= 0.3 is 0 Å². The highest BCUT2D eigenvalue weighted by Gasteiger charge is 2.15. The maximum atomic E-state index is 6.26. The van der Waals surface area contributed by atoms with E-state index in [2.05, 4.69) is 64.1 Å². The fourth-order valence-corrected chi connectivity index (χ4v) is 4.37. The smallest absolute Gasteiger partial charge is 0.130 e. The predicted molar refractivity (Wildman–Crippen MR) is 155 cm³/mol. The Hall–Kier alpha value is -3.92. The molecule has 0 saturated heterocycles. The lowest BCUT2D eigenvalue weighted by atomic mass is 9.91. The number of hydrogen-bond acceptors (Lipinski definition) is 4. The summed E-state index contributed by atoms with van der Waals surface area (Å²) in [6, 6.07) is 28.2. The summed E-state index contributed by atoms with van der Waals surface area (Å²) in [5.74, 6) is 4.15. The Bertz CT molecular complexity index is 1210. The SMILES string of the molecule is CCC(C)c1cc(Cc2ccc(Oc3ccc(N)cc3)c(C(C)CC)c2)ccc1Oc1ccc(N)cc1. The number of ether oxygens (including phenoxy) is 2. The molecule has 192 valence electrons. The summed E-state index contributed by atoms with van der Waals surface area (Å²) in [6.07, 6.45) is 2.92. The first-order valence-corrected chi connectivity index (χ1v) is 13.2. The Morgan fingerprint density at radius 3 is 1.30 bits per heavy atom. The molecule has 4 rings (SSSR count). The molecule has 4 aromatic carbocycles. The van der Waals surface area contributed by atoms with E-state index in [-0.39, 0.29) is 0 Å². The normalized spacial score (nSPS) is 12.6. The Labute approximate surface area is 221 Å². The van der Waals surface area contributed by atoms with Gasteiger partial charge in [0.25, 0.3) is 0 Å². The molecule has 4 nitrogen and oxygen atoms in total. The van der Waals surface area contributed by atoms with E-state index >= 15 is 0 Å². The van der Waals surface area contributed by atoms with Crippen molar-refractivity contribution in [3.05, 3.63) is 107 Å². The van der Waals surface area contributed by atoms with Crippen molar-refractivity contribution in [3.63, 3.8) is 0 Å². The number of nitrogen functional groups attached to an aromatic ring is 2. The maximum Gasteiger partial charge on any atom is 0.130 e. The summed E-state index contributed by atoms with van der Waals surface area (Å²) in [5.41, 5.74) is 18.1. The summed E-state index contributed by atoms with van der Waals surface area (Å²) >= 11 is 0. The van der Waals surface area contributed by atoms with E-state index in [0.29, 0.717) is 11.8 Å². The van der Waals surface area contributed by atoms with Crippen molar-refractivity contribution in [1.82, 2.24) is 0 Å². The van der Waals surface area contributed by atoms with E-state index in [9.17, 15) is 0 Å². The quantitative estimate of drug-likeness (QED) is 0.216. The van der Waals surface area contributed by atoms with E-state index in [1.54, 1.807) is 0 Å². The fraction of sp³-hybridized carbons (Fsp3) is 0.273. The van der Waals surface area contributed by atoms with Gasteiger partial charge in [0.2, 0.25) is 0 Å². The second-order valence-electron chi connectivity index (χ2n) is 9.88. The molecule has 2 atom stereocenters. The van der Waals surface area contributed by atoms with Gasteiger partial charge in [-0.25, -0.2) is 0 Å². The highest BCUT2D eigenvalue weighted by molar-refractivity contribution is 5.49. The highest BCUT2D eigenvalue weighted by atomic mass is 16.5. The van der Waals surface area contributed by atoms with Crippen molar-refractivity contribution in [2.45, 2.75) is 58.8 Å². The van der Waals surface area contributed by atoms with Crippen LogP contribution in [0.4, 0.5) is 11.4 Å². The lowest BCUT2D eigenvalue weighted by Gasteiger charge is -2.19. The summed E-state index contributed by atoms with van der Waals surface area (Å²) < 4.78 is 12.5. The zero-order valence-electron chi connectivity index (χ0n) is 22.3. The van der Waals surface area contributed by atoms with Gasteiger partial charge in [-0.3, -0.25) is 0 Å². The second kappa shape index (κ2) is 11.9. The molecule has 0 saturated carbocycles. The van der Waals surface area contributed by atoms with Gasteiger partial charge in [-0.1, -0.05) is 52.0 Å². The molecule has 0 aliphatic rings. The molecule has 2 unspecified atom stereocenters. The van der Waals surface area contributed by atoms with Crippen LogP contribution in [0, 0.1) is 0 Å². The van der Waals surface area contributed by atoms with E-state index in [1.165, 1.54) is 22.3 Å². The van der Waals surface area contributed by atoms with Crippen molar-refractivity contribution in [3.8, 4) is 23.0 Å². The van der Waals surface area contributed by atoms with Crippen LogP contribution in [0.15, 0.2) is 84.9 Å². The fourth-order valence-electron chi connectivity index (χ4n) is 4.37. The topological polar surface area (TPSA) is 70.5 Å². The minimum Gasteiger partial charge on any atom is -0.457 e. The van der Waals surface area contributed by atoms with Crippen LogP contribution >= 0.6 is 0 Å². The number of hydrogen-bond donors (Lipinski definition) is 2. The van der Waals surface area contributed by atoms with Crippen LogP contribution in [-0.4, -0.2) is 0 Å². The molecule has 0 radical (unpaired) electrons. The molecular formula is C33H38N2O2. The molecule has 0 heterocycles. The van der Waals surface area contributed by atoms with E-state index in [0.717, 1.165) is 53.6 Å². The Balaban J connectivity index is 1.60. The van der Waals surface area contributed by atoms with Gasteiger partial charge < -0.3 is 20.9 Å². The molecular weight excluding hydrogens is 456 g/mol. The van der Waals surface area contributed by atoms with Gasteiger partial charge in [-0.2, -0.15) is 0 Å². The van der Waals surface area contributed by atoms with Crippen molar-refractivity contribution in [1.29, 1.82) is 0 Å². The molecule has 0 bridgehead atoms. The van der Waals surface area contributed by atoms with Crippen LogP contribution < -0.4 is 20.9 Å². The minimum absolute atomic E-state index is 0.384. The minimum atomic E-state index is 0.384. The summed E-state index contributed by atoms with van der Waals surface area (Å²) in [4.78, 5) is 0. The van der Waals surface area contributed by atoms with Crippen molar-refractivity contribution >= 4 is 11.4 Å². The maximum absolute atomic E-state index is 6.26. The zero-order valence-corrected chi connectivity index (χ0v) is 22.3. The van der Waals surface area contributed by atoms with Crippen LogP contribution in [0.5, 0.6) is 23.0 Å². The molecule has 0 spiro atoms. The molecule has 4 heteroatoms. The first kappa shape index (κ1) is 26.2. The number of nitrogens with two attached hydrogens (primary N) is 2. The molecule has 0 aliphatic heterocycles. The molecule has 4 N–H and O–H groups in total. The Kier molecular flexibility index (Phi) is 8.39. The van der Waals surface area contributed by atoms with Gasteiger partial charge in [0.1, 0.15) is 23.0 Å². The lowest BCUT2D eigenvalue weighted by molar-refractivity contribution is 0.470. The summed E-state index contributed by atoms with van der Waals surface area (Å²) in [7, 11) is 0. The van der Waals surface area contributed by atoms with Crippen LogP contribution in [0.25, 0.3) is 0 Å². The Morgan fingerprint density at radius 2 is 0.946 bits per heavy atom. The molecule has 0 fully saturated rings. The number of anilines is 2. The number of benzene rings is 4. The summed E-state index contributed by atoms with van der Waals surface area (Å²) in [6.45, 7) is 8.92. The summed E-state index contributed by atoms with van der Waals surface area (Å²) in [5, 5.41) is 0. The third kappa shape index (κ3) is 6.65. The molecule has 0 amide bonds. The van der Waals surface area contributed by atoms with Gasteiger partial charge in [0, 0.05) is 11.4 Å². The Morgan fingerprint density at radius 1 is 0.568 bits per heavy atom. The second-order valence-corrected chi connectivity index (χ2v) is 9.88. The third-order valence-corrected chi connectivity index (χ3v) is 7.06. The van der Waals surface area contributed by atoms with Crippen LogP contribution in [0.2, 0.25) is 0 Å². The van der Waals surface area contributed by atoms with Crippen molar-refractivity contribution in [2.75, 3.05) is 11.5 Å². The van der Waals surface area contributed by atoms with Gasteiger partial charge in [-0.05, 0) is 114 Å². The molecule has 37 heavy (non-hydrogen) atoms. The largest absolute Gasteiger partial charge is 0.457 e. The average molecular weight is 495 g/mol. The van der Waals surface area contributed by atoms with E-state index in [1.807, 2.05) is 48.5 Å². The van der Waals surface area contributed by atoms with Crippen LogP contribution in [-0.2, 0) is 6.42 Å². The number of rotatable bonds is 10. The monoisotopic (exact) mass is 494 g/mol. The van der Waals surface area contributed by atoms with Gasteiger partial charge in [-0.15, -0.1) is 0 Å². The first-order valence-electron chi connectivity index (χ1n) is 13.2. The van der Waals surface area contributed by atoms with Gasteiger partial charge in [0.15, 0.2) is 0 Å². The van der Waals surface area contributed by atoms with Crippen LogP contribution in [0.1, 0.15) is 74.6 Å². The first-order chi connectivity index (χ1) is 17.9. The van der Waals surface area contributed by atoms with Crippen molar-refractivity contribution in [2.24, 2.45) is 0 Å². The van der Waals surface area contributed by atoms with E-state index < -0.39 is 0 Å². The van der Waals surface area contributed by atoms with Crippen LogP contribution in [0.3, 0.4) is 0 Å².